The van der Waals surface area contributed by atoms with Crippen LogP contribution in [0.5, 0.6) is 0 Å². The maximum absolute atomic E-state index is 13.3. The van der Waals surface area contributed by atoms with Crippen molar-refractivity contribution in [2.75, 3.05) is 26.2 Å². The largest absolute Gasteiger partial charge is 0.481 e. The highest BCUT2D eigenvalue weighted by molar-refractivity contribution is 5.82. The number of benzene rings is 1. The monoisotopic (exact) mass is 963 g/mol. The van der Waals surface area contributed by atoms with Crippen molar-refractivity contribution in [3.05, 3.63) is 35.9 Å². The lowest BCUT2D eigenvalue weighted by Crippen LogP contribution is -2.59. The Hall–Kier alpha value is -2.49. The molecule has 0 radical (unpaired) electrons. The standard InChI is InChI=1S/C28H46N2O2.C15H29NO3.C11H23NO4.CH4/c1-27(2,3)23(16-20-12-8-7-9-13-20)25(31)19-30-18-22-15-11-10-14-21(22)17-24(30)26(32)29-28(4,5)6;1-11(17)9-13-10-12(18-15(5,6)19-13)7-8-16-14(2,3)4;1-11(2,3)12-5-4-8(13)6-9(14)7-10(15)16;/h7-9,12-13,21-25,31H,10-11,14-19H2,1-6H3,(H,29,32);12-13,16H,7-10H2,1-6H3;8-9,12-14H,4-7H2,1-3H3,(H,15,16);1H4. The van der Waals surface area contributed by atoms with E-state index in [2.05, 4.69) is 86.7 Å². The van der Waals surface area contributed by atoms with Gasteiger partial charge >= 0.3 is 5.97 Å². The van der Waals surface area contributed by atoms with Gasteiger partial charge in [0.2, 0.25) is 5.91 Å². The fourth-order valence-electron chi connectivity index (χ4n) is 9.66. The first kappa shape index (κ1) is 63.5. The molecule has 396 valence electrons. The summed E-state index contributed by atoms with van der Waals surface area (Å²) in [6.45, 7) is 33.9. The molecule has 0 aromatic heterocycles. The van der Waals surface area contributed by atoms with E-state index in [1.54, 1.807) is 6.92 Å². The van der Waals surface area contributed by atoms with Crippen LogP contribution < -0.4 is 16.0 Å². The summed E-state index contributed by atoms with van der Waals surface area (Å²) in [7, 11) is 0. The predicted octanol–water partition coefficient (Wildman–Crippen LogP) is 8.69. The minimum atomic E-state index is -1.05. The number of fused-ring (bicyclic) bond motifs is 1. The number of piperidine rings is 1. The van der Waals surface area contributed by atoms with E-state index in [0.29, 0.717) is 37.8 Å². The molecule has 2 aliphatic heterocycles. The van der Waals surface area contributed by atoms with Gasteiger partial charge in [0.25, 0.3) is 0 Å². The summed E-state index contributed by atoms with van der Waals surface area (Å²) in [6.07, 6.45) is 7.45. The molecule has 2 saturated heterocycles. The fourth-order valence-corrected chi connectivity index (χ4v) is 9.66. The van der Waals surface area contributed by atoms with Crippen molar-refractivity contribution in [1.82, 2.24) is 20.9 Å². The number of likely N-dealkylation sites (tertiary alicyclic amines) is 1. The lowest BCUT2D eigenvalue weighted by atomic mass is 9.71. The second kappa shape index (κ2) is 28.5. The third-order valence-corrected chi connectivity index (χ3v) is 12.8. The number of nitrogens with one attached hydrogen (secondary N) is 3. The van der Waals surface area contributed by atoms with Crippen molar-refractivity contribution in [3.63, 3.8) is 0 Å². The minimum Gasteiger partial charge on any atom is -0.481 e. The first-order chi connectivity index (χ1) is 30.7. The number of carboxylic acids is 1. The zero-order chi connectivity index (χ0) is 51.0. The number of ether oxygens (including phenoxy) is 2. The van der Waals surface area contributed by atoms with Gasteiger partial charge in [0.1, 0.15) is 5.78 Å². The zero-order valence-corrected chi connectivity index (χ0v) is 44.7. The van der Waals surface area contributed by atoms with Crippen molar-refractivity contribution in [2.45, 2.75) is 247 Å². The summed E-state index contributed by atoms with van der Waals surface area (Å²) in [5.74, 6) is 0.101. The molecule has 13 nitrogen and oxygen atoms in total. The molecule has 1 aromatic rings. The number of aliphatic hydroxyl groups is 3. The number of nitrogens with zero attached hydrogens (tertiary/aromatic N) is 1. The van der Waals surface area contributed by atoms with Crippen LogP contribution in [0.4, 0.5) is 0 Å². The summed E-state index contributed by atoms with van der Waals surface area (Å²) in [5, 5.41) is 48.7. The third-order valence-electron chi connectivity index (χ3n) is 12.8. The number of ketones is 1. The van der Waals surface area contributed by atoms with Gasteiger partial charge in [-0.25, -0.2) is 0 Å². The second-order valence-electron chi connectivity index (χ2n) is 24.6. The molecule has 9 unspecified atom stereocenters. The van der Waals surface area contributed by atoms with Gasteiger partial charge in [-0.3, -0.25) is 19.3 Å². The van der Waals surface area contributed by atoms with Crippen molar-refractivity contribution in [3.8, 4) is 0 Å². The molecule has 3 aliphatic rings. The van der Waals surface area contributed by atoms with Gasteiger partial charge in [0.15, 0.2) is 5.79 Å². The Morgan fingerprint density at radius 2 is 1.34 bits per heavy atom. The normalized spacial score (nSPS) is 23.9. The number of Topliss-reactive ketones (excluding diaryl/α,β-unsaturated/α-hetero) is 1. The van der Waals surface area contributed by atoms with Crippen LogP contribution in [0, 0.1) is 23.2 Å². The molecule has 1 aliphatic carbocycles. The maximum Gasteiger partial charge on any atom is 0.305 e. The number of β-amino-alcohol motifs (C(OH)–C–C–N with tert-alkyl or cyclic N) is 1. The van der Waals surface area contributed by atoms with E-state index in [9.17, 15) is 29.7 Å². The van der Waals surface area contributed by atoms with E-state index < -0.39 is 30.1 Å². The Morgan fingerprint density at radius 1 is 0.779 bits per heavy atom. The Morgan fingerprint density at radius 3 is 1.87 bits per heavy atom. The number of carbonyl (C=O) groups is 3. The van der Waals surface area contributed by atoms with Gasteiger partial charge in [0.05, 0.1) is 43.0 Å². The van der Waals surface area contributed by atoms with Crippen LogP contribution in [-0.2, 0) is 30.3 Å². The molecule has 1 amide bonds. The highest BCUT2D eigenvalue weighted by Gasteiger charge is 2.43. The van der Waals surface area contributed by atoms with Crippen LogP contribution in [0.1, 0.15) is 187 Å². The third kappa shape index (κ3) is 27.2. The Labute approximate surface area is 414 Å². The van der Waals surface area contributed by atoms with Crippen molar-refractivity contribution < 1.29 is 44.3 Å². The van der Waals surface area contributed by atoms with Crippen molar-refractivity contribution >= 4 is 17.7 Å². The second-order valence-corrected chi connectivity index (χ2v) is 24.6. The minimum absolute atomic E-state index is 0. The lowest BCUT2D eigenvalue weighted by Gasteiger charge is -2.47. The van der Waals surface area contributed by atoms with E-state index in [1.807, 2.05) is 61.5 Å². The number of carbonyl (C=O) groups excluding carboxylic acids is 2. The van der Waals surface area contributed by atoms with Gasteiger partial charge < -0.3 is 45.9 Å². The number of hydrogen-bond donors (Lipinski definition) is 7. The summed E-state index contributed by atoms with van der Waals surface area (Å²) < 4.78 is 11.7. The highest BCUT2D eigenvalue weighted by Crippen LogP contribution is 2.40. The van der Waals surface area contributed by atoms with Crippen molar-refractivity contribution in [1.29, 1.82) is 0 Å². The van der Waals surface area contributed by atoms with Crippen LogP contribution in [0.2, 0.25) is 0 Å². The highest BCUT2D eigenvalue weighted by atomic mass is 16.7. The molecular weight excluding hydrogens is 861 g/mol. The Kier molecular flexibility index (Phi) is 26.6. The number of rotatable bonds is 18. The first-order valence-electron chi connectivity index (χ1n) is 25.4. The number of amides is 1. The summed E-state index contributed by atoms with van der Waals surface area (Å²) >= 11 is 0. The SMILES string of the molecule is C.CC(=O)CC1CC(CCNC(C)(C)C)OC(C)(C)O1.CC(C)(C)NC(=O)C1CC2CCCCC2CN1CC(O)C(Cc1ccccc1)C(C)(C)C.CC(C)(C)NCCC(O)CC(O)CC(=O)O. The van der Waals surface area contributed by atoms with E-state index in [1.165, 1.54) is 31.2 Å². The summed E-state index contributed by atoms with van der Waals surface area (Å²) in [5.41, 5.74) is 1.12. The van der Waals surface area contributed by atoms with E-state index in [4.69, 9.17) is 14.6 Å². The van der Waals surface area contributed by atoms with E-state index in [0.717, 1.165) is 38.8 Å². The molecule has 0 bridgehead atoms. The zero-order valence-electron chi connectivity index (χ0n) is 44.7. The molecular formula is C55H102N4O9. The van der Waals surface area contributed by atoms with Crippen LogP contribution in [0.25, 0.3) is 0 Å². The number of carboxylic acid groups (broad SMARTS) is 1. The molecule has 3 fully saturated rings. The number of hydrogen-bond acceptors (Lipinski definition) is 11. The van der Waals surface area contributed by atoms with Gasteiger partial charge in [0, 0.05) is 42.5 Å². The maximum atomic E-state index is 13.3. The van der Waals surface area contributed by atoms with Gasteiger partial charge in [-0.05, 0) is 163 Å². The molecule has 2 heterocycles. The Balaban J connectivity index is 0.000000551. The van der Waals surface area contributed by atoms with Gasteiger partial charge in [-0.15, -0.1) is 0 Å². The molecule has 0 spiro atoms. The topological polar surface area (TPSA) is 190 Å². The molecule has 4 rings (SSSR count). The molecule has 7 N–H and O–H groups in total. The number of aliphatic hydroxyl groups excluding tert-OH is 3. The summed E-state index contributed by atoms with van der Waals surface area (Å²) in [4.78, 5) is 37.1. The van der Waals surface area contributed by atoms with E-state index >= 15 is 0 Å². The molecule has 9 atom stereocenters. The average molecular weight is 963 g/mol. The van der Waals surface area contributed by atoms with Crippen LogP contribution in [-0.4, -0.2) is 128 Å². The molecule has 13 heteroatoms. The molecule has 1 saturated carbocycles. The van der Waals surface area contributed by atoms with Crippen LogP contribution in [0.15, 0.2) is 30.3 Å². The first-order valence-corrected chi connectivity index (χ1v) is 25.4. The van der Waals surface area contributed by atoms with Gasteiger partial charge in [-0.1, -0.05) is 77.8 Å². The number of aliphatic carboxylic acids is 1. The molecule has 1 aromatic carbocycles. The quantitative estimate of drug-likeness (QED) is 0.0743. The Bertz CT molecular complexity index is 1600. The lowest BCUT2D eigenvalue weighted by molar-refractivity contribution is -0.299. The average Bonchev–Trinajstić information content (AvgIpc) is 3.14. The van der Waals surface area contributed by atoms with Crippen LogP contribution in [0.3, 0.4) is 0 Å². The van der Waals surface area contributed by atoms with Crippen molar-refractivity contribution in [2.24, 2.45) is 23.2 Å². The summed E-state index contributed by atoms with van der Waals surface area (Å²) in [6, 6.07) is 10.3. The molecule has 68 heavy (non-hydrogen) atoms. The smallest absolute Gasteiger partial charge is 0.305 e. The predicted molar refractivity (Wildman–Crippen MR) is 277 cm³/mol. The van der Waals surface area contributed by atoms with Crippen LogP contribution >= 0.6 is 0 Å². The van der Waals surface area contributed by atoms with Gasteiger partial charge in [-0.2, -0.15) is 0 Å². The fraction of sp³-hybridized carbons (Fsp3) is 0.836. The van der Waals surface area contributed by atoms with E-state index in [-0.39, 0.29) is 78.2 Å².